The third kappa shape index (κ3) is 4.13. The van der Waals surface area contributed by atoms with Gasteiger partial charge in [-0.05, 0) is 44.3 Å². The lowest BCUT2D eigenvalue weighted by atomic mass is 10.0. The van der Waals surface area contributed by atoms with Gasteiger partial charge in [0.15, 0.2) is 0 Å². The Morgan fingerprint density at radius 3 is 3.06 bits per heavy atom. The number of aryl methyl sites for hydroxylation is 1. The summed E-state index contributed by atoms with van der Waals surface area (Å²) in [6.07, 6.45) is 4.86. The summed E-state index contributed by atoms with van der Waals surface area (Å²) in [6, 6.07) is 2.39. The van der Waals surface area contributed by atoms with E-state index in [0.29, 0.717) is 18.5 Å². The molecule has 17 heavy (non-hydrogen) atoms. The van der Waals surface area contributed by atoms with Crippen molar-refractivity contribution >= 4 is 11.6 Å². The average Bonchev–Trinajstić information content (AvgIpc) is 2.29. The first kappa shape index (κ1) is 12.6. The number of piperidine rings is 1. The molecule has 0 saturated carbocycles. The molecule has 1 saturated heterocycles. The normalized spacial score (nSPS) is 20.2. The van der Waals surface area contributed by atoms with Crippen LogP contribution in [0.3, 0.4) is 0 Å². The minimum absolute atomic E-state index is 0.246. The molecule has 2 rings (SSSR count). The molecule has 4 nitrogen and oxygen atoms in total. The van der Waals surface area contributed by atoms with Gasteiger partial charge in [0.05, 0.1) is 6.61 Å². The highest BCUT2D eigenvalue weighted by Gasteiger charge is 2.12. The molecule has 0 bridgehead atoms. The van der Waals surface area contributed by atoms with Gasteiger partial charge in [0.1, 0.15) is 0 Å². The lowest BCUT2D eigenvalue weighted by Gasteiger charge is -2.23. The second-order valence-corrected chi connectivity index (χ2v) is 4.74. The smallest absolute Gasteiger partial charge is 0.225 e. The predicted molar refractivity (Wildman–Crippen MR) is 67.5 cm³/mol. The summed E-state index contributed by atoms with van der Waals surface area (Å²) in [5.74, 6) is 0.568. The number of hydrogen-bond donors (Lipinski definition) is 1. The standard InChI is InChI=1S/C12H18ClN3O/c1-9-8-11(16-12(13)15-9)17-7-5-10-4-2-3-6-14-10/h8,10,14H,2-7H2,1H3/t10-/m1/s1. The van der Waals surface area contributed by atoms with E-state index in [1.54, 1.807) is 6.07 Å². The van der Waals surface area contributed by atoms with Gasteiger partial charge in [-0.25, -0.2) is 4.98 Å². The van der Waals surface area contributed by atoms with Gasteiger partial charge in [-0.15, -0.1) is 0 Å². The number of nitrogens with zero attached hydrogens (tertiary/aromatic N) is 2. The van der Waals surface area contributed by atoms with Crippen LogP contribution in [0.1, 0.15) is 31.4 Å². The Bertz CT molecular complexity index is 347. The van der Waals surface area contributed by atoms with Gasteiger partial charge in [0.25, 0.3) is 0 Å². The molecule has 1 aliphatic rings. The molecule has 94 valence electrons. The van der Waals surface area contributed by atoms with Crippen LogP contribution < -0.4 is 10.1 Å². The molecule has 0 aliphatic carbocycles. The van der Waals surface area contributed by atoms with Gasteiger partial charge >= 0.3 is 0 Å². The number of ether oxygens (including phenoxy) is 1. The van der Waals surface area contributed by atoms with Crippen LogP contribution >= 0.6 is 11.6 Å². The van der Waals surface area contributed by atoms with Crippen LogP contribution in [0.5, 0.6) is 5.88 Å². The molecule has 1 fully saturated rings. The Balaban J connectivity index is 1.77. The second-order valence-electron chi connectivity index (χ2n) is 4.40. The lowest BCUT2D eigenvalue weighted by molar-refractivity contribution is 0.260. The van der Waals surface area contributed by atoms with Gasteiger partial charge in [-0.1, -0.05) is 6.42 Å². The fourth-order valence-corrected chi connectivity index (χ4v) is 2.27. The Kier molecular flexibility index (Phi) is 4.57. The van der Waals surface area contributed by atoms with Crippen molar-refractivity contribution in [3.63, 3.8) is 0 Å². The first-order valence-electron chi connectivity index (χ1n) is 6.11. The summed E-state index contributed by atoms with van der Waals surface area (Å²) in [5.41, 5.74) is 0.829. The summed E-state index contributed by atoms with van der Waals surface area (Å²) < 4.78 is 5.59. The summed E-state index contributed by atoms with van der Waals surface area (Å²) in [7, 11) is 0. The maximum atomic E-state index is 5.76. The van der Waals surface area contributed by atoms with Crippen LogP contribution in [-0.4, -0.2) is 29.2 Å². The second kappa shape index (κ2) is 6.17. The van der Waals surface area contributed by atoms with E-state index in [9.17, 15) is 0 Å². The molecule has 1 aromatic rings. The van der Waals surface area contributed by atoms with Crippen LogP contribution in [0.4, 0.5) is 0 Å². The number of rotatable bonds is 4. The molecule has 0 aromatic carbocycles. The fraction of sp³-hybridized carbons (Fsp3) is 0.667. The van der Waals surface area contributed by atoms with E-state index in [4.69, 9.17) is 16.3 Å². The van der Waals surface area contributed by atoms with Crippen molar-refractivity contribution in [2.24, 2.45) is 0 Å². The lowest BCUT2D eigenvalue weighted by Crippen LogP contribution is -2.35. The third-order valence-electron chi connectivity index (χ3n) is 2.93. The summed E-state index contributed by atoms with van der Waals surface area (Å²) in [6.45, 7) is 3.68. The maximum absolute atomic E-state index is 5.76. The molecule has 1 aromatic heterocycles. The van der Waals surface area contributed by atoms with Crippen molar-refractivity contribution in [2.75, 3.05) is 13.2 Å². The molecule has 2 heterocycles. The molecule has 1 aliphatic heterocycles. The molecule has 1 N–H and O–H groups in total. The third-order valence-corrected chi connectivity index (χ3v) is 3.10. The van der Waals surface area contributed by atoms with Gasteiger partial charge in [-0.3, -0.25) is 0 Å². The van der Waals surface area contributed by atoms with Gasteiger partial charge in [-0.2, -0.15) is 4.98 Å². The van der Waals surface area contributed by atoms with Gasteiger partial charge < -0.3 is 10.1 Å². The van der Waals surface area contributed by atoms with Crippen molar-refractivity contribution in [2.45, 2.75) is 38.6 Å². The van der Waals surface area contributed by atoms with Gasteiger partial charge in [0, 0.05) is 17.8 Å². The van der Waals surface area contributed by atoms with E-state index in [-0.39, 0.29) is 5.28 Å². The van der Waals surface area contributed by atoms with E-state index >= 15 is 0 Å². The molecule has 0 unspecified atom stereocenters. The Hall–Kier alpha value is -0.870. The molecule has 1 atom stereocenters. The van der Waals surface area contributed by atoms with Crippen molar-refractivity contribution in [1.82, 2.24) is 15.3 Å². The quantitative estimate of drug-likeness (QED) is 0.839. The average molecular weight is 256 g/mol. The Morgan fingerprint density at radius 1 is 1.47 bits per heavy atom. The molecule has 0 radical (unpaired) electrons. The van der Waals surface area contributed by atoms with E-state index in [0.717, 1.165) is 18.7 Å². The Labute approximate surface area is 107 Å². The zero-order valence-corrected chi connectivity index (χ0v) is 10.8. The van der Waals surface area contributed by atoms with E-state index < -0.39 is 0 Å². The highest BCUT2D eigenvalue weighted by molar-refractivity contribution is 6.28. The van der Waals surface area contributed by atoms with Crippen molar-refractivity contribution in [3.8, 4) is 5.88 Å². The predicted octanol–water partition coefficient (Wildman–Crippen LogP) is 2.35. The van der Waals surface area contributed by atoms with Gasteiger partial charge in [0.2, 0.25) is 11.2 Å². The minimum atomic E-state index is 0.246. The van der Waals surface area contributed by atoms with Crippen molar-refractivity contribution < 1.29 is 4.74 Å². The van der Waals surface area contributed by atoms with Crippen LogP contribution in [-0.2, 0) is 0 Å². The van der Waals surface area contributed by atoms with Crippen molar-refractivity contribution in [3.05, 3.63) is 17.0 Å². The highest BCUT2D eigenvalue weighted by atomic mass is 35.5. The largest absolute Gasteiger partial charge is 0.477 e. The topological polar surface area (TPSA) is 47.0 Å². The fourth-order valence-electron chi connectivity index (χ4n) is 2.05. The minimum Gasteiger partial charge on any atom is -0.477 e. The summed E-state index contributed by atoms with van der Waals surface area (Å²) >= 11 is 5.76. The van der Waals surface area contributed by atoms with Crippen LogP contribution in [0.2, 0.25) is 5.28 Å². The number of halogens is 1. The summed E-state index contributed by atoms with van der Waals surface area (Å²) in [5, 5.41) is 3.74. The maximum Gasteiger partial charge on any atom is 0.225 e. The van der Waals surface area contributed by atoms with E-state index in [2.05, 4.69) is 15.3 Å². The molecular formula is C12H18ClN3O. The highest BCUT2D eigenvalue weighted by Crippen LogP contribution is 2.14. The van der Waals surface area contributed by atoms with E-state index in [1.807, 2.05) is 6.92 Å². The molecular weight excluding hydrogens is 238 g/mol. The Morgan fingerprint density at radius 2 is 2.35 bits per heavy atom. The number of nitrogens with one attached hydrogen (secondary N) is 1. The molecule has 0 spiro atoms. The van der Waals surface area contributed by atoms with Crippen LogP contribution in [0.25, 0.3) is 0 Å². The van der Waals surface area contributed by atoms with Crippen molar-refractivity contribution in [1.29, 1.82) is 0 Å². The summed E-state index contributed by atoms with van der Waals surface area (Å²) in [4.78, 5) is 8.02. The first-order chi connectivity index (χ1) is 8.24. The zero-order chi connectivity index (χ0) is 12.1. The molecule has 5 heteroatoms. The van der Waals surface area contributed by atoms with E-state index in [1.165, 1.54) is 19.3 Å². The SMILES string of the molecule is Cc1cc(OCC[C@H]2CCCCN2)nc(Cl)n1. The van der Waals surface area contributed by atoms with Crippen LogP contribution in [0.15, 0.2) is 6.07 Å². The van der Waals surface area contributed by atoms with Crippen LogP contribution in [0, 0.1) is 6.92 Å². The zero-order valence-electron chi connectivity index (χ0n) is 10.1. The number of aromatic nitrogens is 2. The monoisotopic (exact) mass is 255 g/mol. The first-order valence-corrected chi connectivity index (χ1v) is 6.49. The molecule has 0 amide bonds. The number of hydrogen-bond acceptors (Lipinski definition) is 4.